The highest BCUT2D eigenvalue weighted by Gasteiger charge is 2.34. The molecule has 4 rings (SSSR count). The molecule has 1 aliphatic rings. The zero-order valence-electron chi connectivity index (χ0n) is 18.2. The Hall–Kier alpha value is -4.53. The number of nitrogens with zero attached hydrogens (tertiary/aromatic N) is 2. The maximum Gasteiger partial charge on any atom is 0.325 e. The molecule has 0 aliphatic carbocycles. The van der Waals surface area contributed by atoms with Gasteiger partial charge in [-0.25, -0.2) is 14.2 Å². The number of rotatable bonds is 5. The van der Waals surface area contributed by atoms with Crippen LogP contribution in [0.4, 0.5) is 20.6 Å². The fraction of sp³-hybridized carbons (Fsp3) is 0.120. The number of methoxy groups -OCH3 is 1. The summed E-state index contributed by atoms with van der Waals surface area (Å²) >= 11 is 0. The zero-order chi connectivity index (χ0) is 24.1. The lowest BCUT2D eigenvalue weighted by molar-refractivity contribution is -0.140. The Labute approximate surface area is 195 Å². The van der Waals surface area contributed by atoms with Crippen LogP contribution in [0.1, 0.15) is 11.1 Å². The maximum absolute atomic E-state index is 14.0. The minimum absolute atomic E-state index is 0.0527. The number of para-hydroxylation sites is 2. The van der Waals surface area contributed by atoms with E-state index < -0.39 is 29.9 Å². The van der Waals surface area contributed by atoms with E-state index in [0.717, 1.165) is 0 Å². The summed E-state index contributed by atoms with van der Waals surface area (Å²) in [5.41, 5.74) is 2.16. The fourth-order valence-corrected chi connectivity index (χ4v) is 3.55. The second kappa shape index (κ2) is 9.95. The lowest BCUT2D eigenvalue weighted by Gasteiger charge is -2.24. The first kappa shape index (κ1) is 22.7. The molecule has 3 aromatic carbocycles. The van der Waals surface area contributed by atoms with Crippen molar-refractivity contribution in [3.05, 3.63) is 95.8 Å². The SMILES string of the molecule is COC(=O)CN1C(=O)[C@@H](NC(=O)Nc2ccccc2F)N=C(c2ccccc2)c2ccccc21. The number of benzene rings is 3. The molecule has 0 fully saturated rings. The Balaban J connectivity index is 1.75. The molecule has 2 N–H and O–H groups in total. The van der Waals surface area contributed by atoms with Gasteiger partial charge in [-0.2, -0.15) is 0 Å². The second-order valence-electron chi connectivity index (χ2n) is 7.34. The van der Waals surface area contributed by atoms with E-state index in [-0.39, 0.29) is 12.2 Å². The van der Waals surface area contributed by atoms with E-state index >= 15 is 0 Å². The number of esters is 1. The van der Waals surface area contributed by atoms with Crippen LogP contribution < -0.4 is 15.5 Å². The Kier molecular flexibility index (Phi) is 6.63. The first-order valence-corrected chi connectivity index (χ1v) is 10.4. The molecule has 0 bridgehead atoms. The Bertz CT molecular complexity index is 1260. The van der Waals surface area contributed by atoms with Crippen molar-refractivity contribution in [2.75, 3.05) is 23.9 Å². The summed E-state index contributed by atoms with van der Waals surface area (Å²) in [5.74, 6) is -1.91. The van der Waals surface area contributed by atoms with E-state index in [0.29, 0.717) is 22.5 Å². The predicted octanol–water partition coefficient (Wildman–Crippen LogP) is 3.33. The van der Waals surface area contributed by atoms with Gasteiger partial charge >= 0.3 is 12.0 Å². The van der Waals surface area contributed by atoms with Crippen LogP contribution in [0.25, 0.3) is 0 Å². The molecule has 34 heavy (non-hydrogen) atoms. The standard InChI is InChI=1S/C25H21FN4O4/c1-34-21(31)15-30-20-14-8-5-11-17(20)22(16-9-3-2-4-10-16)28-23(24(30)32)29-25(33)27-19-13-7-6-12-18(19)26/h2-14,23H,15H2,1H3,(H2,27,29,33)/t23-/m1/s1. The smallest absolute Gasteiger partial charge is 0.325 e. The average Bonchev–Trinajstić information content (AvgIpc) is 2.96. The Morgan fingerprint density at radius 1 is 1.00 bits per heavy atom. The minimum atomic E-state index is -1.39. The largest absolute Gasteiger partial charge is 0.468 e. The number of anilines is 2. The van der Waals surface area contributed by atoms with Crippen molar-refractivity contribution < 1.29 is 23.5 Å². The molecule has 0 spiro atoms. The molecular formula is C25H21FN4O4. The van der Waals surface area contributed by atoms with Gasteiger partial charge in [-0.15, -0.1) is 0 Å². The highest BCUT2D eigenvalue weighted by molar-refractivity contribution is 6.20. The molecule has 1 heterocycles. The third-order valence-electron chi connectivity index (χ3n) is 5.16. The van der Waals surface area contributed by atoms with Crippen molar-refractivity contribution in [1.29, 1.82) is 0 Å². The van der Waals surface area contributed by atoms with E-state index in [9.17, 15) is 18.8 Å². The van der Waals surface area contributed by atoms with Crippen LogP contribution >= 0.6 is 0 Å². The molecule has 9 heteroatoms. The number of benzodiazepines with no additional fused rings is 1. The number of amides is 3. The second-order valence-corrected chi connectivity index (χ2v) is 7.34. The number of urea groups is 1. The number of hydrogen-bond acceptors (Lipinski definition) is 5. The minimum Gasteiger partial charge on any atom is -0.468 e. The highest BCUT2D eigenvalue weighted by Crippen LogP contribution is 2.28. The number of nitrogens with one attached hydrogen (secondary N) is 2. The van der Waals surface area contributed by atoms with Gasteiger partial charge in [0.15, 0.2) is 0 Å². The molecule has 8 nitrogen and oxygen atoms in total. The molecule has 3 amide bonds. The number of carbonyl (C=O) groups is 3. The summed E-state index contributed by atoms with van der Waals surface area (Å²) in [6.07, 6.45) is -1.39. The first-order chi connectivity index (χ1) is 16.5. The van der Waals surface area contributed by atoms with Gasteiger partial charge in [0.25, 0.3) is 5.91 Å². The summed E-state index contributed by atoms with van der Waals surface area (Å²) < 4.78 is 18.7. The molecule has 172 valence electrons. The van der Waals surface area contributed by atoms with Gasteiger partial charge < -0.3 is 15.4 Å². The van der Waals surface area contributed by atoms with E-state index in [1.54, 1.807) is 30.3 Å². The van der Waals surface area contributed by atoms with Crippen molar-refractivity contribution in [3.8, 4) is 0 Å². The van der Waals surface area contributed by atoms with Crippen molar-refractivity contribution in [3.63, 3.8) is 0 Å². The lowest BCUT2D eigenvalue weighted by Crippen LogP contribution is -2.50. The molecule has 0 saturated carbocycles. The molecule has 0 unspecified atom stereocenters. The van der Waals surface area contributed by atoms with E-state index in [1.165, 1.54) is 30.2 Å². The quantitative estimate of drug-likeness (QED) is 0.571. The molecule has 0 radical (unpaired) electrons. The predicted molar refractivity (Wildman–Crippen MR) is 125 cm³/mol. The van der Waals surface area contributed by atoms with Gasteiger partial charge in [0, 0.05) is 11.1 Å². The normalized spacial score (nSPS) is 15.0. The van der Waals surface area contributed by atoms with E-state index in [4.69, 9.17) is 4.74 Å². The fourth-order valence-electron chi connectivity index (χ4n) is 3.55. The number of ether oxygens (including phenoxy) is 1. The monoisotopic (exact) mass is 460 g/mol. The summed E-state index contributed by atoms with van der Waals surface area (Å²) in [6.45, 7) is -0.378. The van der Waals surface area contributed by atoms with Crippen molar-refractivity contribution in [2.24, 2.45) is 4.99 Å². The zero-order valence-corrected chi connectivity index (χ0v) is 18.2. The van der Waals surface area contributed by atoms with Crippen molar-refractivity contribution in [1.82, 2.24) is 5.32 Å². The number of carbonyl (C=O) groups excluding carboxylic acids is 3. The summed E-state index contributed by atoms with van der Waals surface area (Å²) in [5, 5.41) is 4.88. The van der Waals surface area contributed by atoms with Gasteiger partial charge in [-0.3, -0.25) is 14.5 Å². The molecule has 0 aromatic heterocycles. The maximum atomic E-state index is 14.0. The summed E-state index contributed by atoms with van der Waals surface area (Å²) in [4.78, 5) is 44.0. The van der Waals surface area contributed by atoms with Crippen LogP contribution in [0, 0.1) is 5.82 Å². The summed E-state index contributed by atoms with van der Waals surface area (Å²) in [7, 11) is 1.22. The lowest BCUT2D eigenvalue weighted by atomic mass is 10.0. The third-order valence-corrected chi connectivity index (χ3v) is 5.16. The topological polar surface area (TPSA) is 100 Å². The van der Waals surface area contributed by atoms with Crippen LogP contribution in [-0.2, 0) is 14.3 Å². The van der Waals surface area contributed by atoms with E-state index in [2.05, 4.69) is 15.6 Å². The third kappa shape index (κ3) is 4.78. The van der Waals surface area contributed by atoms with Crippen LogP contribution in [-0.4, -0.2) is 43.4 Å². The van der Waals surface area contributed by atoms with Gasteiger partial charge in [-0.05, 0) is 18.2 Å². The van der Waals surface area contributed by atoms with Gasteiger partial charge in [0.1, 0.15) is 12.4 Å². The van der Waals surface area contributed by atoms with E-state index in [1.807, 2.05) is 30.3 Å². The van der Waals surface area contributed by atoms with Crippen LogP contribution in [0.2, 0.25) is 0 Å². The number of aliphatic imine (C=N–C) groups is 1. The highest BCUT2D eigenvalue weighted by atomic mass is 19.1. The number of hydrogen-bond donors (Lipinski definition) is 2. The van der Waals surface area contributed by atoms with Crippen molar-refractivity contribution in [2.45, 2.75) is 6.17 Å². The van der Waals surface area contributed by atoms with Gasteiger partial charge in [0.05, 0.1) is 24.2 Å². The average molecular weight is 460 g/mol. The van der Waals surface area contributed by atoms with Gasteiger partial charge in [0.2, 0.25) is 6.17 Å². The molecule has 1 aliphatic heterocycles. The van der Waals surface area contributed by atoms with Crippen LogP contribution in [0.3, 0.4) is 0 Å². The van der Waals surface area contributed by atoms with Gasteiger partial charge in [-0.1, -0.05) is 60.7 Å². The summed E-state index contributed by atoms with van der Waals surface area (Å²) in [6, 6.07) is 21.0. The molecule has 3 aromatic rings. The van der Waals surface area contributed by atoms with Crippen molar-refractivity contribution >= 4 is 35.0 Å². The van der Waals surface area contributed by atoms with Crippen LogP contribution in [0.15, 0.2) is 83.9 Å². The van der Waals surface area contributed by atoms with Crippen LogP contribution in [0.5, 0.6) is 0 Å². The molecule has 0 saturated heterocycles. The number of halogens is 1. The Morgan fingerprint density at radius 3 is 2.41 bits per heavy atom. The Morgan fingerprint density at radius 2 is 1.68 bits per heavy atom. The molecule has 1 atom stereocenters. The molecular weight excluding hydrogens is 439 g/mol. The first-order valence-electron chi connectivity index (χ1n) is 10.4. The number of fused-ring (bicyclic) bond motifs is 1.